The molecule has 4 rings (SSSR count). The summed E-state index contributed by atoms with van der Waals surface area (Å²) in [7, 11) is 0. The molecule has 1 fully saturated rings. The van der Waals surface area contributed by atoms with Crippen molar-refractivity contribution in [3.05, 3.63) is 75.4 Å². The third kappa shape index (κ3) is 5.89. The van der Waals surface area contributed by atoms with Gasteiger partial charge in [-0.2, -0.15) is 0 Å². The van der Waals surface area contributed by atoms with Gasteiger partial charge in [-0.1, -0.05) is 59.6 Å². The Morgan fingerprint density at radius 2 is 1.71 bits per heavy atom. The number of anilines is 1. The van der Waals surface area contributed by atoms with Crippen molar-refractivity contribution >= 4 is 47.2 Å². The number of nitrogens with one attached hydrogen (secondary N) is 2. The van der Waals surface area contributed by atoms with Gasteiger partial charge in [0.15, 0.2) is 0 Å². The van der Waals surface area contributed by atoms with Gasteiger partial charge in [0.2, 0.25) is 0 Å². The Hall–Kier alpha value is -2.18. The Labute approximate surface area is 217 Å². The van der Waals surface area contributed by atoms with Crippen LogP contribution in [-0.4, -0.2) is 55.1 Å². The second kappa shape index (κ2) is 12.0. The molecule has 1 saturated heterocycles. The van der Waals surface area contributed by atoms with Gasteiger partial charge in [0.25, 0.3) is 5.91 Å². The first-order valence-electron chi connectivity index (χ1n) is 11.4. The second-order valence-electron chi connectivity index (χ2n) is 8.50. The molecule has 34 heavy (non-hydrogen) atoms. The number of piperazine rings is 1. The number of nitrogens with zero attached hydrogens (tertiary/aromatic N) is 2. The van der Waals surface area contributed by atoms with Crippen molar-refractivity contribution in [2.45, 2.75) is 20.3 Å². The van der Waals surface area contributed by atoms with Gasteiger partial charge < -0.3 is 15.2 Å². The molecule has 3 aromatic rings. The summed E-state index contributed by atoms with van der Waals surface area (Å²) in [5.41, 5.74) is 5.75. The zero-order valence-corrected chi connectivity index (χ0v) is 21.9. The lowest BCUT2D eigenvalue weighted by molar-refractivity contribution is 0.0950. The van der Waals surface area contributed by atoms with Crippen molar-refractivity contribution in [1.29, 1.82) is 0 Å². The molecule has 0 atom stereocenters. The third-order valence-electron chi connectivity index (χ3n) is 6.31. The lowest BCUT2D eigenvalue weighted by Gasteiger charge is -2.36. The topological polar surface area (TPSA) is 51.4 Å². The molecule has 0 aliphatic carbocycles. The van der Waals surface area contributed by atoms with Crippen molar-refractivity contribution in [2.24, 2.45) is 0 Å². The van der Waals surface area contributed by atoms with Crippen LogP contribution in [0.4, 0.5) is 5.69 Å². The number of H-pyrrole nitrogens is 1. The molecule has 1 aliphatic rings. The van der Waals surface area contributed by atoms with E-state index in [2.05, 4.69) is 32.2 Å². The summed E-state index contributed by atoms with van der Waals surface area (Å²) >= 11 is 12.5. The number of carbonyl (C=O) groups excluding carboxylic acids is 1. The van der Waals surface area contributed by atoms with Gasteiger partial charge in [-0.05, 0) is 50.1 Å². The number of aromatic amines is 1. The van der Waals surface area contributed by atoms with Gasteiger partial charge in [-0.3, -0.25) is 9.69 Å². The number of carbonyl (C=O) groups is 1. The van der Waals surface area contributed by atoms with E-state index in [-0.39, 0.29) is 18.3 Å². The van der Waals surface area contributed by atoms with E-state index in [9.17, 15) is 4.79 Å². The molecule has 0 bridgehead atoms. The van der Waals surface area contributed by atoms with Gasteiger partial charge in [0.1, 0.15) is 0 Å². The number of aromatic nitrogens is 1. The van der Waals surface area contributed by atoms with Gasteiger partial charge in [0, 0.05) is 44.1 Å². The largest absolute Gasteiger partial charge is 0.368 e. The highest BCUT2D eigenvalue weighted by molar-refractivity contribution is 6.43. The number of aryl methyl sites for hydroxylation is 1. The summed E-state index contributed by atoms with van der Waals surface area (Å²) in [6, 6.07) is 15.9. The summed E-state index contributed by atoms with van der Waals surface area (Å²) in [5.74, 6) is -0.0103. The maximum Gasteiger partial charge on any atom is 0.253 e. The molecule has 8 heteroatoms. The molecule has 1 aliphatic heterocycles. The molecule has 0 spiro atoms. The summed E-state index contributed by atoms with van der Waals surface area (Å²) in [6.45, 7) is 9.33. The predicted molar refractivity (Wildman–Crippen MR) is 145 cm³/mol. The van der Waals surface area contributed by atoms with Crippen LogP contribution in [0.25, 0.3) is 11.3 Å². The number of benzene rings is 2. The van der Waals surface area contributed by atoms with E-state index in [1.807, 2.05) is 50.2 Å². The van der Waals surface area contributed by atoms with Crippen molar-refractivity contribution in [3.63, 3.8) is 0 Å². The van der Waals surface area contributed by atoms with Crippen LogP contribution in [0.3, 0.4) is 0 Å². The average molecular weight is 522 g/mol. The lowest BCUT2D eigenvalue weighted by atomic mass is 10.0. The Morgan fingerprint density at radius 3 is 2.41 bits per heavy atom. The van der Waals surface area contributed by atoms with E-state index in [4.69, 9.17) is 23.2 Å². The van der Waals surface area contributed by atoms with E-state index < -0.39 is 0 Å². The fourth-order valence-electron chi connectivity index (χ4n) is 4.53. The molecule has 1 amide bonds. The summed E-state index contributed by atoms with van der Waals surface area (Å²) < 4.78 is 0. The van der Waals surface area contributed by atoms with E-state index in [0.717, 1.165) is 72.9 Å². The van der Waals surface area contributed by atoms with Gasteiger partial charge in [-0.15, -0.1) is 12.4 Å². The molecule has 2 N–H and O–H groups in total. The molecule has 0 radical (unpaired) electrons. The average Bonchev–Trinajstić information content (AvgIpc) is 3.13. The smallest absolute Gasteiger partial charge is 0.253 e. The first-order chi connectivity index (χ1) is 16.0. The first-order valence-corrected chi connectivity index (χ1v) is 12.2. The Morgan fingerprint density at radius 1 is 1.00 bits per heavy atom. The minimum atomic E-state index is -0.0103. The SMILES string of the molecule is Cc1[nH]c(-c2ccccc2)c(C)c1C(=O)NCCCN1CCN(c2cccc(Cl)c2Cl)CC1.Cl. The van der Waals surface area contributed by atoms with E-state index in [1.54, 1.807) is 0 Å². The number of amides is 1. The minimum absolute atomic E-state index is 0. The number of hydrogen-bond acceptors (Lipinski definition) is 3. The summed E-state index contributed by atoms with van der Waals surface area (Å²) in [4.78, 5) is 21.0. The molecule has 5 nitrogen and oxygen atoms in total. The lowest BCUT2D eigenvalue weighted by Crippen LogP contribution is -2.47. The van der Waals surface area contributed by atoms with Crippen molar-refractivity contribution < 1.29 is 4.79 Å². The highest BCUT2D eigenvalue weighted by Crippen LogP contribution is 2.33. The van der Waals surface area contributed by atoms with Crippen LogP contribution in [0.2, 0.25) is 10.0 Å². The van der Waals surface area contributed by atoms with Crippen molar-refractivity contribution in [3.8, 4) is 11.3 Å². The maximum atomic E-state index is 12.9. The van der Waals surface area contributed by atoms with Crippen LogP contribution in [0.1, 0.15) is 28.0 Å². The van der Waals surface area contributed by atoms with E-state index in [0.29, 0.717) is 16.6 Å². The van der Waals surface area contributed by atoms with Crippen LogP contribution in [-0.2, 0) is 0 Å². The summed E-state index contributed by atoms with van der Waals surface area (Å²) in [5, 5.41) is 4.32. The molecule has 2 aromatic carbocycles. The second-order valence-corrected chi connectivity index (χ2v) is 9.29. The zero-order valence-electron chi connectivity index (χ0n) is 19.5. The Bertz CT molecular complexity index is 1110. The highest BCUT2D eigenvalue weighted by atomic mass is 35.5. The predicted octanol–water partition coefficient (Wildman–Crippen LogP) is 5.97. The number of halogens is 3. The van der Waals surface area contributed by atoms with Crippen LogP contribution >= 0.6 is 35.6 Å². The maximum absolute atomic E-state index is 12.9. The Kier molecular flexibility index (Phi) is 9.31. The molecular formula is C26H31Cl3N4O. The number of hydrogen-bond donors (Lipinski definition) is 2. The molecule has 2 heterocycles. The fraction of sp³-hybridized carbons (Fsp3) is 0.346. The minimum Gasteiger partial charge on any atom is -0.368 e. The molecule has 182 valence electrons. The van der Waals surface area contributed by atoms with E-state index in [1.165, 1.54) is 0 Å². The molecular weight excluding hydrogens is 491 g/mol. The van der Waals surface area contributed by atoms with Gasteiger partial charge in [-0.25, -0.2) is 0 Å². The van der Waals surface area contributed by atoms with Crippen LogP contribution in [0.15, 0.2) is 48.5 Å². The quantitative estimate of drug-likeness (QED) is 0.377. The zero-order chi connectivity index (χ0) is 23.4. The summed E-state index contributed by atoms with van der Waals surface area (Å²) in [6.07, 6.45) is 0.914. The fourth-order valence-corrected chi connectivity index (χ4v) is 4.94. The van der Waals surface area contributed by atoms with Crippen molar-refractivity contribution in [2.75, 3.05) is 44.2 Å². The standard InChI is InChI=1S/C26H30Cl2N4O.ClH/c1-18-23(19(2)30-25(18)20-8-4-3-5-9-20)26(33)29-12-7-13-31-14-16-32(17-15-31)22-11-6-10-21(27)24(22)28;/h3-6,8-11,30H,7,12-17H2,1-2H3,(H,29,33);1H. The van der Waals surface area contributed by atoms with E-state index >= 15 is 0 Å². The highest BCUT2D eigenvalue weighted by Gasteiger charge is 2.21. The van der Waals surface area contributed by atoms with Crippen molar-refractivity contribution in [1.82, 2.24) is 15.2 Å². The molecule has 1 aromatic heterocycles. The monoisotopic (exact) mass is 520 g/mol. The van der Waals surface area contributed by atoms with Gasteiger partial charge in [0.05, 0.1) is 21.3 Å². The Balaban J connectivity index is 0.00000324. The first kappa shape index (κ1) is 26.4. The van der Waals surface area contributed by atoms with Gasteiger partial charge >= 0.3 is 0 Å². The molecule has 0 unspecified atom stereocenters. The number of rotatable bonds is 7. The van der Waals surface area contributed by atoms with Crippen LogP contribution in [0, 0.1) is 13.8 Å². The third-order valence-corrected chi connectivity index (χ3v) is 7.12. The normalized spacial score (nSPS) is 14.1. The molecule has 0 saturated carbocycles. The van der Waals surface area contributed by atoms with Crippen LogP contribution in [0.5, 0.6) is 0 Å². The van der Waals surface area contributed by atoms with Crippen LogP contribution < -0.4 is 10.2 Å².